The fourth-order valence-electron chi connectivity index (χ4n) is 3.15. The lowest BCUT2D eigenvalue weighted by molar-refractivity contribution is -0.119. The lowest BCUT2D eigenvalue weighted by Crippen LogP contribution is -2.22. The van der Waals surface area contributed by atoms with E-state index in [0.29, 0.717) is 11.7 Å². The zero-order valence-corrected chi connectivity index (χ0v) is 14.0. The maximum Gasteiger partial charge on any atom is 0.192 e. The molecule has 0 saturated heterocycles. The molecule has 0 spiro atoms. The summed E-state index contributed by atoms with van der Waals surface area (Å²) in [5.41, 5.74) is 1.26. The van der Waals surface area contributed by atoms with Crippen LogP contribution in [-0.2, 0) is 11.3 Å². The van der Waals surface area contributed by atoms with Crippen molar-refractivity contribution in [3.05, 3.63) is 41.7 Å². The van der Waals surface area contributed by atoms with Gasteiger partial charge in [0.25, 0.3) is 0 Å². The van der Waals surface area contributed by atoms with Gasteiger partial charge in [-0.3, -0.25) is 4.79 Å². The molecular weight excluding hydrogens is 306 g/mol. The van der Waals surface area contributed by atoms with Crippen LogP contribution in [0.25, 0.3) is 0 Å². The van der Waals surface area contributed by atoms with Gasteiger partial charge in [0.15, 0.2) is 5.16 Å². The summed E-state index contributed by atoms with van der Waals surface area (Å²) in [6, 6.07) is 10.4. The first-order chi connectivity index (χ1) is 11.3. The third-order valence-corrected chi connectivity index (χ3v) is 5.91. The van der Waals surface area contributed by atoms with E-state index in [1.807, 2.05) is 6.07 Å². The predicted octanol–water partition coefficient (Wildman–Crippen LogP) is 3.81. The van der Waals surface area contributed by atoms with Crippen LogP contribution in [0, 0.1) is 0 Å². The molecule has 0 aliphatic heterocycles. The van der Waals surface area contributed by atoms with Gasteiger partial charge in [-0.05, 0) is 31.2 Å². The Bertz CT molecular complexity index is 694. The maximum absolute atomic E-state index is 12.1. The SMILES string of the molecule is O=C1CCCC[C@H]1Sc1nnc(C2CC2)n1Cc1ccccc1. The number of ketones is 1. The Morgan fingerprint density at radius 2 is 1.91 bits per heavy atom. The number of carbonyl (C=O) groups excluding carboxylic acids is 1. The summed E-state index contributed by atoms with van der Waals surface area (Å²) in [6.07, 6.45) is 6.30. The number of rotatable bonds is 5. The van der Waals surface area contributed by atoms with E-state index in [9.17, 15) is 4.79 Å². The predicted molar refractivity (Wildman–Crippen MR) is 90.7 cm³/mol. The first-order valence-corrected chi connectivity index (χ1v) is 9.35. The average Bonchev–Trinajstić information content (AvgIpc) is 3.35. The van der Waals surface area contributed by atoms with Gasteiger partial charge in [-0.1, -0.05) is 48.5 Å². The van der Waals surface area contributed by atoms with Gasteiger partial charge in [-0.2, -0.15) is 0 Å². The molecule has 2 aliphatic rings. The van der Waals surface area contributed by atoms with E-state index in [1.54, 1.807) is 11.8 Å². The van der Waals surface area contributed by atoms with Crippen molar-refractivity contribution in [3.8, 4) is 0 Å². The minimum Gasteiger partial charge on any atom is -0.301 e. The highest BCUT2D eigenvalue weighted by molar-refractivity contribution is 8.00. The van der Waals surface area contributed by atoms with Crippen molar-refractivity contribution in [2.24, 2.45) is 0 Å². The standard InChI is InChI=1S/C18H21N3OS/c22-15-8-4-5-9-16(15)23-18-20-19-17(14-10-11-14)21(18)12-13-6-2-1-3-7-13/h1-3,6-7,14,16H,4-5,8-12H2/t16-/m1/s1. The molecule has 2 saturated carbocycles. The summed E-state index contributed by atoms with van der Waals surface area (Å²) in [5, 5.41) is 9.85. The molecule has 1 aromatic heterocycles. The van der Waals surface area contributed by atoms with Gasteiger partial charge >= 0.3 is 0 Å². The molecule has 5 heteroatoms. The van der Waals surface area contributed by atoms with E-state index in [2.05, 4.69) is 39.0 Å². The van der Waals surface area contributed by atoms with E-state index in [4.69, 9.17) is 0 Å². The van der Waals surface area contributed by atoms with E-state index >= 15 is 0 Å². The molecule has 4 nitrogen and oxygen atoms in total. The molecule has 4 rings (SSSR count). The molecule has 1 atom stereocenters. The Kier molecular flexibility index (Phi) is 4.21. The summed E-state index contributed by atoms with van der Waals surface area (Å²) in [6.45, 7) is 0.795. The highest BCUT2D eigenvalue weighted by Gasteiger charge is 2.32. The molecule has 0 bridgehead atoms. The van der Waals surface area contributed by atoms with Crippen LogP contribution in [0.15, 0.2) is 35.5 Å². The van der Waals surface area contributed by atoms with Crippen molar-refractivity contribution < 1.29 is 4.79 Å². The van der Waals surface area contributed by atoms with Gasteiger partial charge in [-0.25, -0.2) is 0 Å². The van der Waals surface area contributed by atoms with E-state index < -0.39 is 0 Å². The van der Waals surface area contributed by atoms with Crippen molar-refractivity contribution in [3.63, 3.8) is 0 Å². The van der Waals surface area contributed by atoms with E-state index in [-0.39, 0.29) is 5.25 Å². The zero-order valence-electron chi connectivity index (χ0n) is 13.1. The van der Waals surface area contributed by atoms with Crippen molar-refractivity contribution in [1.82, 2.24) is 14.8 Å². The first-order valence-electron chi connectivity index (χ1n) is 8.47. The Balaban J connectivity index is 1.60. The summed E-state index contributed by atoms with van der Waals surface area (Å²) in [5.74, 6) is 2.03. The molecule has 0 amide bonds. The molecule has 23 heavy (non-hydrogen) atoms. The fourth-order valence-corrected chi connectivity index (χ4v) is 4.31. The van der Waals surface area contributed by atoms with Crippen LogP contribution in [-0.4, -0.2) is 25.8 Å². The maximum atomic E-state index is 12.1. The van der Waals surface area contributed by atoms with Crippen molar-refractivity contribution in [2.45, 2.75) is 61.4 Å². The Labute approximate surface area is 140 Å². The van der Waals surface area contributed by atoms with Crippen LogP contribution in [0.5, 0.6) is 0 Å². The molecule has 0 radical (unpaired) electrons. The number of nitrogens with zero attached hydrogens (tertiary/aromatic N) is 3. The molecular formula is C18H21N3OS. The molecule has 2 aromatic rings. The molecule has 0 N–H and O–H groups in total. The van der Waals surface area contributed by atoms with Crippen molar-refractivity contribution >= 4 is 17.5 Å². The van der Waals surface area contributed by atoms with Crippen LogP contribution in [0.4, 0.5) is 0 Å². The smallest absolute Gasteiger partial charge is 0.192 e. The topological polar surface area (TPSA) is 47.8 Å². The van der Waals surface area contributed by atoms with E-state index in [1.165, 1.54) is 18.4 Å². The minimum atomic E-state index is 0.0644. The second kappa shape index (κ2) is 6.48. The lowest BCUT2D eigenvalue weighted by Gasteiger charge is -2.19. The molecule has 1 aromatic carbocycles. The van der Waals surface area contributed by atoms with Gasteiger partial charge < -0.3 is 4.57 Å². The summed E-state index contributed by atoms with van der Waals surface area (Å²) >= 11 is 1.62. The largest absolute Gasteiger partial charge is 0.301 e. The molecule has 2 aliphatic carbocycles. The van der Waals surface area contributed by atoms with E-state index in [0.717, 1.165) is 43.2 Å². The first kappa shape index (κ1) is 14.9. The number of Topliss-reactive ketones (excluding diaryl/α,β-unsaturated/α-hetero) is 1. The second-order valence-corrected chi connectivity index (χ2v) is 7.68. The van der Waals surface area contributed by atoms with Crippen LogP contribution in [0.3, 0.4) is 0 Å². The number of thioether (sulfide) groups is 1. The average molecular weight is 327 g/mol. The number of carbonyl (C=O) groups is 1. The summed E-state index contributed by atoms with van der Waals surface area (Å²) in [7, 11) is 0. The highest BCUT2D eigenvalue weighted by atomic mass is 32.2. The minimum absolute atomic E-state index is 0.0644. The van der Waals surface area contributed by atoms with Crippen LogP contribution in [0.2, 0.25) is 0 Å². The van der Waals surface area contributed by atoms with Gasteiger partial charge in [-0.15, -0.1) is 10.2 Å². The van der Waals surface area contributed by atoms with Crippen LogP contribution >= 0.6 is 11.8 Å². The number of hydrogen-bond acceptors (Lipinski definition) is 4. The molecule has 120 valence electrons. The Hall–Kier alpha value is -1.62. The Morgan fingerprint density at radius 3 is 2.65 bits per heavy atom. The highest BCUT2D eigenvalue weighted by Crippen LogP contribution is 2.41. The van der Waals surface area contributed by atoms with Crippen molar-refractivity contribution in [2.75, 3.05) is 0 Å². The summed E-state index contributed by atoms with van der Waals surface area (Å²) in [4.78, 5) is 12.1. The van der Waals surface area contributed by atoms with Crippen LogP contribution in [0.1, 0.15) is 55.8 Å². The zero-order chi connectivity index (χ0) is 15.6. The van der Waals surface area contributed by atoms with Crippen LogP contribution < -0.4 is 0 Å². The van der Waals surface area contributed by atoms with Crippen molar-refractivity contribution in [1.29, 1.82) is 0 Å². The summed E-state index contributed by atoms with van der Waals surface area (Å²) < 4.78 is 2.24. The van der Waals surface area contributed by atoms with Gasteiger partial charge in [0.05, 0.1) is 11.8 Å². The number of benzene rings is 1. The molecule has 2 fully saturated rings. The molecule has 0 unspecified atom stereocenters. The van der Waals surface area contributed by atoms with Gasteiger partial charge in [0.1, 0.15) is 11.6 Å². The monoisotopic (exact) mass is 327 g/mol. The van der Waals surface area contributed by atoms with Gasteiger partial charge in [0, 0.05) is 12.3 Å². The van der Waals surface area contributed by atoms with Gasteiger partial charge in [0.2, 0.25) is 0 Å². The molecule has 1 heterocycles. The number of hydrogen-bond donors (Lipinski definition) is 0. The fraction of sp³-hybridized carbons (Fsp3) is 0.500. The normalized spacial score (nSPS) is 21.6. The number of aromatic nitrogens is 3. The lowest BCUT2D eigenvalue weighted by atomic mass is 9.99. The quantitative estimate of drug-likeness (QED) is 0.838. The third kappa shape index (κ3) is 3.34. The Morgan fingerprint density at radius 1 is 1.09 bits per heavy atom. The third-order valence-electron chi connectivity index (χ3n) is 4.62. The second-order valence-electron chi connectivity index (χ2n) is 6.51.